The minimum Gasteiger partial charge on any atom is -0.454 e. The molecule has 180 valence electrons. The molecule has 1 aromatic rings. The predicted octanol–water partition coefficient (Wildman–Crippen LogP) is 1.79. The van der Waals surface area contributed by atoms with E-state index < -0.39 is 40.5 Å². The second-order valence-corrected chi connectivity index (χ2v) is 10.1. The summed E-state index contributed by atoms with van der Waals surface area (Å²) >= 11 is 0. The number of sulfonamides is 1. The smallest absolute Gasteiger partial charge is 0.329 e. The first kappa shape index (κ1) is 27.6. The summed E-state index contributed by atoms with van der Waals surface area (Å²) in [6.45, 7) is 11.5. The Bertz CT molecular complexity index is 895. The van der Waals surface area contributed by atoms with Gasteiger partial charge in [-0.1, -0.05) is 47.6 Å². The van der Waals surface area contributed by atoms with Crippen LogP contribution in [0.2, 0.25) is 0 Å². The minimum absolute atomic E-state index is 0.000605. The van der Waals surface area contributed by atoms with Crippen LogP contribution in [0.15, 0.2) is 29.2 Å². The summed E-state index contributed by atoms with van der Waals surface area (Å²) in [6, 6.07) is 4.66. The van der Waals surface area contributed by atoms with Crippen molar-refractivity contribution in [3.05, 3.63) is 29.8 Å². The molecule has 0 saturated heterocycles. The van der Waals surface area contributed by atoms with Gasteiger partial charge in [0.25, 0.3) is 11.8 Å². The van der Waals surface area contributed by atoms with E-state index in [9.17, 15) is 22.8 Å². The summed E-state index contributed by atoms with van der Waals surface area (Å²) in [5.74, 6) is -1.82. The fourth-order valence-electron chi connectivity index (χ4n) is 2.83. The molecule has 0 aromatic heterocycles. The summed E-state index contributed by atoms with van der Waals surface area (Å²) in [6.07, 6.45) is 0. The number of carbonyl (C=O) groups excluding carboxylic acids is 3. The van der Waals surface area contributed by atoms with Gasteiger partial charge in [-0.3, -0.25) is 9.59 Å². The van der Waals surface area contributed by atoms with Crippen LogP contribution < -0.4 is 10.6 Å². The summed E-state index contributed by atoms with van der Waals surface area (Å²) < 4.78 is 31.8. The van der Waals surface area contributed by atoms with Crippen molar-refractivity contribution in [3.8, 4) is 0 Å². The highest BCUT2D eigenvalue weighted by Crippen LogP contribution is 2.17. The quantitative estimate of drug-likeness (QED) is 0.450. The van der Waals surface area contributed by atoms with Crippen molar-refractivity contribution in [1.29, 1.82) is 0 Å². The Morgan fingerprint density at radius 1 is 1.06 bits per heavy atom. The lowest BCUT2D eigenvalue weighted by Gasteiger charge is -2.21. The van der Waals surface area contributed by atoms with E-state index in [0.29, 0.717) is 19.6 Å². The summed E-state index contributed by atoms with van der Waals surface area (Å²) in [5, 5.41) is 5.24. The molecule has 0 spiro atoms. The number of rotatable bonds is 12. The van der Waals surface area contributed by atoms with Gasteiger partial charge in [0.2, 0.25) is 10.0 Å². The first-order valence-electron chi connectivity index (χ1n) is 10.8. The highest BCUT2D eigenvalue weighted by molar-refractivity contribution is 7.89. The molecule has 2 amide bonds. The molecule has 32 heavy (non-hydrogen) atoms. The molecule has 10 heteroatoms. The molecule has 1 aromatic carbocycles. The van der Waals surface area contributed by atoms with Crippen molar-refractivity contribution in [3.63, 3.8) is 0 Å². The van der Waals surface area contributed by atoms with E-state index in [-0.39, 0.29) is 22.3 Å². The van der Waals surface area contributed by atoms with Gasteiger partial charge < -0.3 is 15.4 Å². The highest BCUT2D eigenvalue weighted by atomic mass is 32.2. The Morgan fingerprint density at radius 3 is 2.22 bits per heavy atom. The average Bonchev–Trinajstić information content (AvgIpc) is 2.74. The molecular weight excluding hydrogens is 434 g/mol. The predicted molar refractivity (Wildman–Crippen MR) is 121 cm³/mol. The molecular formula is C22H35N3O6S. The zero-order valence-electron chi connectivity index (χ0n) is 19.7. The molecule has 0 aliphatic rings. The van der Waals surface area contributed by atoms with Crippen molar-refractivity contribution in [2.75, 3.05) is 26.2 Å². The molecule has 0 radical (unpaired) electrons. The van der Waals surface area contributed by atoms with Gasteiger partial charge in [-0.15, -0.1) is 0 Å². The lowest BCUT2D eigenvalue weighted by atomic mass is 10.0. The van der Waals surface area contributed by atoms with Gasteiger partial charge in [-0.25, -0.2) is 13.2 Å². The molecule has 0 saturated carbocycles. The normalized spacial score (nSPS) is 12.7. The van der Waals surface area contributed by atoms with Crippen LogP contribution in [0.25, 0.3) is 0 Å². The molecule has 0 bridgehead atoms. The molecule has 0 heterocycles. The number of hydrogen-bond donors (Lipinski definition) is 2. The van der Waals surface area contributed by atoms with E-state index in [1.165, 1.54) is 28.6 Å². The van der Waals surface area contributed by atoms with Gasteiger partial charge in [-0.2, -0.15) is 4.31 Å². The second-order valence-electron chi connectivity index (χ2n) is 8.12. The lowest BCUT2D eigenvalue weighted by Crippen LogP contribution is -2.46. The van der Waals surface area contributed by atoms with Crippen LogP contribution in [0.5, 0.6) is 0 Å². The van der Waals surface area contributed by atoms with Gasteiger partial charge in [0.1, 0.15) is 6.04 Å². The fourth-order valence-corrected chi connectivity index (χ4v) is 4.33. The van der Waals surface area contributed by atoms with Crippen molar-refractivity contribution < 1.29 is 27.5 Å². The SMILES string of the molecule is CCN(CC)S(=O)(=O)c1cccc(C(=O)N[C@H](C(=O)OCC(=O)NCC(C)C)C(C)C)c1. The molecule has 1 rings (SSSR count). The van der Waals surface area contributed by atoms with Gasteiger partial charge in [0.15, 0.2) is 6.61 Å². The van der Waals surface area contributed by atoms with Crippen LogP contribution in [0.3, 0.4) is 0 Å². The van der Waals surface area contributed by atoms with Crippen molar-refractivity contribution in [2.45, 2.75) is 52.5 Å². The van der Waals surface area contributed by atoms with E-state index in [0.717, 1.165) is 0 Å². The summed E-state index contributed by atoms with van der Waals surface area (Å²) in [4.78, 5) is 37.0. The third-order valence-electron chi connectivity index (χ3n) is 4.70. The summed E-state index contributed by atoms with van der Waals surface area (Å²) in [7, 11) is -3.73. The van der Waals surface area contributed by atoms with Crippen molar-refractivity contribution >= 4 is 27.8 Å². The van der Waals surface area contributed by atoms with Crippen LogP contribution in [0.1, 0.15) is 51.9 Å². The van der Waals surface area contributed by atoms with Crippen LogP contribution in [-0.2, 0) is 24.3 Å². The summed E-state index contributed by atoms with van der Waals surface area (Å²) in [5.41, 5.74) is 0.103. The van der Waals surface area contributed by atoms with Gasteiger partial charge in [-0.05, 0) is 30.0 Å². The van der Waals surface area contributed by atoms with E-state index in [1.54, 1.807) is 27.7 Å². The molecule has 9 nitrogen and oxygen atoms in total. The number of nitrogens with one attached hydrogen (secondary N) is 2. The standard InChI is InChI=1S/C22H35N3O6S/c1-7-25(8-2)32(29,30)18-11-9-10-17(12-18)21(27)24-20(16(5)6)22(28)31-14-19(26)23-13-15(3)4/h9-12,15-16,20H,7-8,13-14H2,1-6H3,(H,23,26)(H,24,27)/t20-/m0/s1. The monoisotopic (exact) mass is 469 g/mol. The number of benzene rings is 1. The maximum Gasteiger partial charge on any atom is 0.329 e. The zero-order valence-corrected chi connectivity index (χ0v) is 20.5. The Morgan fingerprint density at radius 2 is 1.69 bits per heavy atom. The Labute approximate surface area is 190 Å². The number of amides is 2. The van der Waals surface area contributed by atoms with Crippen LogP contribution in [-0.4, -0.2) is 62.8 Å². The highest BCUT2D eigenvalue weighted by Gasteiger charge is 2.28. The molecule has 0 fully saturated rings. The zero-order chi connectivity index (χ0) is 24.5. The van der Waals surface area contributed by atoms with E-state index in [1.807, 2.05) is 13.8 Å². The topological polar surface area (TPSA) is 122 Å². The number of nitrogens with zero attached hydrogens (tertiary/aromatic N) is 1. The maximum atomic E-state index is 12.8. The Balaban J connectivity index is 2.91. The van der Waals surface area contributed by atoms with Gasteiger partial charge >= 0.3 is 5.97 Å². The maximum absolute atomic E-state index is 12.8. The minimum atomic E-state index is -3.73. The molecule has 0 unspecified atom stereocenters. The lowest BCUT2D eigenvalue weighted by molar-refractivity contribution is -0.151. The third kappa shape index (κ3) is 7.90. The first-order valence-corrected chi connectivity index (χ1v) is 12.2. The fraction of sp³-hybridized carbons (Fsp3) is 0.591. The molecule has 0 aliphatic heterocycles. The number of carbonyl (C=O) groups is 3. The van der Waals surface area contributed by atoms with E-state index in [2.05, 4.69) is 10.6 Å². The molecule has 1 atom stereocenters. The van der Waals surface area contributed by atoms with Crippen LogP contribution >= 0.6 is 0 Å². The van der Waals surface area contributed by atoms with E-state index >= 15 is 0 Å². The average molecular weight is 470 g/mol. The molecule has 0 aliphatic carbocycles. The van der Waals surface area contributed by atoms with E-state index in [4.69, 9.17) is 4.74 Å². The van der Waals surface area contributed by atoms with Crippen LogP contribution in [0, 0.1) is 11.8 Å². The largest absolute Gasteiger partial charge is 0.454 e. The number of ether oxygens (including phenoxy) is 1. The third-order valence-corrected chi connectivity index (χ3v) is 6.75. The second kappa shape index (κ2) is 12.5. The Kier molecular flexibility index (Phi) is 10.8. The Hall–Kier alpha value is -2.46. The van der Waals surface area contributed by atoms with Crippen molar-refractivity contribution in [1.82, 2.24) is 14.9 Å². The molecule has 2 N–H and O–H groups in total. The van der Waals surface area contributed by atoms with Crippen molar-refractivity contribution in [2.24, 2.45) is 11.8 Å². The van der Waals surface area contributed by atoms with Gasteiger partial charge in [0.05, 0.1) is 4.90 Å². The number of esters is 1. The number of hydrogen-bond acceptors (Lipinski definition) is 6. The van der Waals surface area contributed by atoms with Crippen LogP contribution in [0.4, 0.5) is 0 Å². The first-order chi connectivity index (χ1) is 14.9. The van der Waals surface area contributed by atoms with Gasteiger partial charge in [0, 0.05) is 25.2 Å².